The molecule has 3 heteroatoms. The third-order valence-electron chi connectivity index (χ3n) is 3.53. The monoisotopic (exact) mass is 337 g/mol. The van der Waals surface area contributed by atoms with Gasteiger partial charge in [0.25, 0.3) is 0 Å². The van der Waals surface area contributed by atoms with Gasteiger partial charge in [0, 0.05) is 4.47 Å². The molecule has 100 valence electrons. The Morgan fingerprint density at radius 2 is 1.63 bits per heavy atom. The van der Waals surface area contributed by atoms with E-state index in [4.69, 9.17) is 17.3 Å². The predicted octanol–water partition coefficient (Wildman–Crippen LogP) is 5.08. The number of hydrogen-bond acceptors (Lipinski definition) is 1. The van der Waals surface area contributed by atoms with E-state index in [-0.39, 0.29) is 6.04 Å². The molecule has 0 radical (unpaired) electrons. The van der Waals surface area contributed by atoms with Crippen LogP contribution >= 0.6 is 27.5 Å². The molecule has 0 amide bonds. The summed E-state index contributed by atoms with van der Waals surface area (Å²) in [6.07, 6.45) is 0. The molecule has 0 aliphatic carbocycles. The van der Waals surface area contributed by atoms with Crippen molar-refractivity contribution in [2.75, 3.05) is 0 Å². The molecule has 0 bridgehead atoms. The first-order valence-electron chi connectivity index (χ1n) is 6.19. The molecule has 0 aliphatic rings. The van der Waals surface area contributed by atoms with Crippen molar-refractivity contribution >= 4 is 27.5 Å². The minimum absolute atomic E-state index is 0.204. The second-order valence-electron chi connectivity index (χ2n) is 4.91. The fourth-order valence-corrected chi connectivity index (χ4v) is 2.87. The first-order valence-corrected chi connectivity index (χ1v) is 7.36. The molecule has 1 atom stereocenters. The standard InChI is InChI=1S/C16H17BrClN/c1-9-7-11(3)13(8-10(9)2)16(19)12-5-4-6-14(17)15(12)18/h4-8,16H,19H2,1-3H3. The van der Waals surface area contributed by atoms with Gasteiger partial charge in [0.2, 0.25) is 0 Å². The first kappa shape index (κ1) is 14.6. The Hall–Kier alpha value is -0.830. The molecular formula is C16H17BrClN. The highest BCUT2D eigenvalue weighted by Crippen LogP contribution is 2.33. The van der Waals surface area contributed by atoms with Crippen LogP contribution in [0.5, 0.6) is 0 Å². The SMILES string of the molecule is Cc1cc(C)c(C(N)c2cccc(Br)c2Cl)cc1C. The van der Waals surface area contributed by atoms with Crippen molar-refractivity contribution in [2.45, 2.75) is 26.8 Å². The van der Waals surface area contributed by atoms with Gasteiger partial charge in [-0.1, -0.05) is 35.9 Å². The molecule has 0 fully saturated rings. The average Bonchev–Trinajstić information content (AvgIpc) is 2.36. The zero-order valence-corrected chi connectivity index (χ0v) is 13.6. The molecule has 1 nitrogen and oxygen atoms in total. The molecule has 19 heavy (non-hydrogen) atoms. The van der Waals surface area contributed by atoms with Crippen LogP contribution in [0.15, 0.2) is 34.8 Å². The zero-order valence-electron chi connectivity index (χ0n) is 11.3. The van der Waals surface area contributed by atoms with E-state index in [1.165, 1.54) is 16.7 Å². The summed E-state index contributed by atoms with van der Waals surface area (Å²) in [5.41, 5.74) is 12.2. The van der Waals surface area contributed by atoms with Crippen LogP contribution in [0.3, 0.4) is 0 Å². The van der Waals surface area contributed by atoms with Gasteiger partial charge < -0.3 is 5.73 Å². The van der Waals surface area contributed by atoms with Crippen molar-refractivity contribution in [1.29, 1.82) is 0 Å². The molecule has 0 saturated carbocycles. The lowest BCUT2D eigenvalue weighted by Gasteiger charge is -2.19. The fourth-order valence-electron chi connectivity index (χ4n) is 2.25. The minimum atomic E-state index is -0.204. The highest BCUT2D eigenvalue weighted by atomic mass is 79.9. The number of aryl methyl sites for hydroxylation is 3. The van der Waals surface area contributed by atoms with Gasteiger partial charge >= 0.3 is 0 Å². The van der Waals surface area contributed by atoms with E-state index in [0.717, 1.165) is 15.6 Å². The molecule has 2 aromatic carbocycles. The van der Waals surface area contributed by atoms with Crippen LogP contribution in [-0.4, -0.2) is 0 Å². The Bertz CT molecular complexity index is 622. The van der Waals surface area contributed by atoms with Crippen molar-refractivity contribution in [1.82, 2.24) is 0 Å². The summed E-state index contributed by atoms with van der Waals surface area (Å²) in [4.78, 5) is 0. The molecule has 0 spiro atoms. The average molecular weight is 339 g/mol. The second kappa shape index (κ2) is 5.66. The van der Waals surface area contributed by atoms with Gasteiger partial charge in [0.05, 0.1) is 11.1 Å². The Kier molecular flexibility index (Phi) is 4.34. The second-order valence-corrected chi connectivity index (χ2v) is 6.15. The lowest BCUT2D eigenvalue weighted by Crippen LogP contribution is -2.14. The maximum atomic E-state index is 6.40. The van der Waals surface area contributed by atoms with Crippen molar-refractivity contribution in [3.05, 3.63) is 67.6 Å². The quantitative estimate of drug-likeness (QED) is 0.812. The summed E-state index contributed by atoms with van der Waals surface area (Å²) in [7, 11) is 0. The summed E-state index contributed by atoms with van der Waals surface area (Å²) >= 11 is 9.78. The van der Waals surface area contributed by atoms with Gasteiger partial charge in [0.1, 0.15) is 0 Å². The Morgan fingerprint density at radius 1 is 1.00 bits per heavy atom. The highest BCUT2D eigenvalue weighted by molar-refractivity contribution is 9.10. The van der Waals surface area contributed by atoms with Gasteiger partial charge in [-0.15, -0.1) is 0 Å². The van der Waals surface area contributed by atoms with Gasteiger partial charge in [-0.2, -0.15) is 0 Å². The molecule has 1 unspecified atom stereocenters. The number of nitrogens with two attached hydrogens (primary N) is 1. The Balaban J connectivity index is 2.53. The first-order chi connectivity index (χ1) is 8.91. The predicted molar refractivity (Wildman–Crippen MR) is 85.8 cm³/mol. The van der Waals surface area contributed by atoms with E-state index in [9.17, 15) is 0 Å². The highest BCUT2D eigenvalue weighted by Gasteiger charge is 2.16. The molecule has 0 saturated heterocycles. The van der Waals surface area contributed by atoms with Crippen LogP contribution in [0.1, 0.15) is 33.9 Å². The molecule has 2 N–H and O–H groups in total. The van der Waals surface area contributed by atoms with Crippen LogP contribution < -0.4 is 5.73 Å². The topological polar surface area (TPSA) is 26.0 Å². The van der Waals surface area contributed by atoms with Crippen molar-refractivity contribution in [3.63, 3.8) is 0 Å². The Morgan fingerprint density at radius 3 is 2.32 bits per heavy atom. The van der Waals surface area contributed by atoms with Crippen LogP contribution in [0.2, 0.25) is 5.02 Å². The van der Waals surface area contributed by atoms with Crippen LogP contribution in [0.4, 0.5) is 0 Å². The summed E-state index contributed by atoms with van der Waals surface area (Å²) in [5.74, 6) is 0. The van der Waals surface area contributed by atoms with Gasteiger partial charge in [-0.3, -0.25) is 0 Å². The molecule has 2 rings (SSSR count). The smallest absolute Gasteiger partial charge is 0.0599 e. The lowest BCUT2D eigenvalue weighted by atomic mass is 9.92. The van der Waals surface area contributed by atoms with E-state index in [2.05, 4.69) is 48.8 Å². The summed E-state index contributed by atoms with van der Waals surface area (Å²) in [5, 5.41) is 0.688. The lowest BCUT2D eigenvalue weighted by molar-refractivity contribution is 0.858. The van der Waals surface area contributed by atoms with E-state index in [1.807, 2.05) is 18.2 Å². The molecule has 2 aromatic rings. The number of rotatable bonds is 2. The number of benzene rings is 2. The van der Waals surface area contributed by atoms with Crippen molar-refractivity contribution in [3.8, 4) is 0 Å². The van der Waals surface area contributed by atoms with E-state index in [1.54, 1.807) is 0 Å². The van der Waals surface area contributed by atoms with Gasteiger partial charge in [-0.05, 0) is 70.6 Å². The molecule has 0 heterocycles. The number of halogens is 2. The third-order valence-corrected chi connectivity index (χ3v) is 4.84. The minimum Gasteiger partial charge on any atom is -0.320 e. The van der Waals surface area contributed by atoms with E-state index in [0.29, 0.717) is 5.02 Å². The maximum absolute atomic E-state index is 6.40. The number of hydrogen-bond donors (Lipinski definition) is 1. The zero-order chi connectivity index (χ0) is 14.2. The summed E-state index contributed by atoms with van der Waals surface area (Å²) in [6, 6.07) is 9.99. The summed E-state index contributed by atoms with van der Waals surface area (Å²) in [6.45, 7) is 6.31. The maximum Gasteiger partial charge on any atom is 0.0599 e. The normalized spacial score (nSPS) is 12.5. The molecular weight excluding hydrogens is 322 g/mol. The largest absolute Gasteiger partial charge is 0.320 e. The van der Waals surface area contributed by atoms with Crippen molar-refractivity contribution in [2.24, 2.45) is 5.73 Å². The van der Waals surface area contributed by atoms with Crippen LogP contribution in [-0.2, 0) is 0 Å². The van der Waals surface area contributed by atoms with Crippen LogP contribution in [0.25, 0.3) is 0 Å². The Labute approximate surface area is 127 Å². The van der Waals surface area contributed by atoms with Gasteiger partial charge in [-0.25, -0.2) is 0 Å². The fraction of sp³-hybridized carbons (Fsp3) is 0.250. The molecule has 0 aliphatic heterocycles. The van der Waals surface area contributed by atoms with E-state index >= 15 is 0 Å². The van der Waals surface area contributed by atoms with Crippen LogP contribution in [0, 0.1) is 20.8 Å². The summed E-state index contributed by atoms with van der Waals surface area (Å²) < 4.78 is 0.878. The van der Waals surface area contributed by atoms with Crippen molar-refractivity contribution < 1.29 is 0 Å². The molecule has 0 aromatic heterocycles. The van der Waals surface area contributed by atoms with Gasteiger partial charge in [0.15, 0.2) is 0 Å². The van der Waals surface area contributed by atoms with E-state index < -0.39 is 0 Å². The third kappa shape index (κ3) is 2.86.